The Hall–Kier alpha value is -1.92. The molecule has 1 rings (SSSR count). The third-order valence-corrected chi connectivity index (χ3v) is 3.08. The summed E-state index contributed by atoms with van der Waals surface area (Å²) < 4.78 is 0. The highest BCUT2D eigenvalue weighted by molar-refractivity contribution is 6.03. The Morgan fingerprint density at radius 2 is 1.95 bits per heavy atom. The van der Waals surface area contributed by atoms with E-state index in [-0.39, 0.29) is 55.5 Å². The lowest BCUT2D eigenvalue weighted by atomic mass is 10.1. The first-order chi connectivity index (χ1) is 9.45. The van der Waals surface area contributed by atoms with Gasteiger partial charge in [-0.25, -0.2) is 0 Å². The number of carbonyl (C=O) groups excluding carboxylic acids is 4. The van der Waals surface area contributed by atoms with Gasteiger partial charge in [0.15, 0.2) is 0 Å². The number of likely N-dealkylation sites (N-methyl/N-ethyl adjacent to an activating group) is 1. The minimum atomic E-state index is -0.261. The van der Waals surface area contributed by atoms with Gasteiger partial charge >= 0.3 is 0 Å². The first-order valence-electron chi connectivity index (χ1n) is 6.83. The number of hydrogen-bond donors (Lipinski definition) is 2. The third kappa shape index (κ3) is 4.64. The molecule has 1 aliphatic heterocycles. The molecule has 20 heavy (non-hydrogen) atoms. The number of nitrogens with zero attached hydrogens (tertiary/aromatic N) is 1. The van der Waals surface area contributed by atoms with Gasteiger partial charge in [-0.05, 0) is 13.3 Å². The van der Waals surface area contributed by atoms with Crippen LogP contribution in [0.5, 0.6) is 0 Å². The largest absolute Gasteiger partial charge is 0.355 e. The van der Waals surface area contributed by atoms with Crippen LogP contribution in [0.3, 0.4) is 0 Å². The van der Waals surface area contributed by atoms with E-state index in [1.165, 1.54) is 4.90 Å². The van der Waals surface area contributed by atoms with Crippen LogP contribution in [0.2, 0.25) is 0 Å². The van der Waals surface area contributed by atoms with Crippen LogP contribution < -0.4 is 10.6 Å². The van der Waals surface area contributed by atoms with Crippen molar-refractivity contribution >= 4 is 23.6 Å². The van der Waals surface area contributed by atoms with Crippen LogP contribution in [0.4, 0.5) is 0 Å². The molecule has 1 unspecified atom stereocenters. The van der Waals surface area contributed by atoms with Crippen LogP contribution in [0.25, 0.3) is 0 Å². The Bertz CT molecular complexity index is 408. The van der Waals surface area contributed by atoms with Crippen molar-refractivity contribution in [2.75, 3.05) is 19.6 Å². The Labute approximate surface area is 118 Å². The second-order valence-corrected chi connectivity index (χ2v) is 4.82. The molecule has 0 saturated carbocycles. The molecule has 1 atom stereocenters. The molecule has 1 saturated heterocycles. The maximum absolute atomic E-state index is 11.6. The van der Waals surface area contributed by atoms with Gasteiger partial charge in [0.2, 0.25) is 23.6 Å². The minimum Gasteiger partial charge on any atom is -0.355 e. The van der Waals surface area contributed by atoms with Crippen molar-refractivity contribution in [1.29, 1.82) is 0 Å². The molecule has 4 amide bonds. The highest BCUT2D eigenvalue weighted by atomic mass is 16.2. The van der Waals surface area contributed by atoms with Crippen LogP contribution in [0, 0.1) is 5.92 Å². The first kappa shape index (κ1) is 16.1. The molecule has 7 nitrogen and oxygen atoms in total. The van der Waals surface area contributed by atoms with E-state index in [0.717, 1.165) is 0 Å². The van der Waals surface area contributed by atoms with E-state index in [1.807, 2.05) is 0 Å². The van der Waals surface area contributed by atoms with Gasteiger partial charge in [-0.2, -0.15) is 0 Å². The Balaban J connectivity index is 2.21. The van der Waals surface area contributed by atoms with Crippen LogP contribution in [-0.2, 0) is 19.2 Å². The molecule has 112 valence electrons. The SMILES string of the molecule is CCNC(=O)CNC(=O)CCCN1C(=O)CC(C)C1=O. The molecule has 1 heterocycles. The van der Waals surface area contributed by atoms with Crippen molar-refractivity contribution in [3.63, 3.8) is 0 Å². The normalized spacial score (nSPS) is 18.3. The molecular formula is C13H21N3O4. The molecule has 1 fully saturated rings. The van der Waals surface area contributed by atoms with Crippen LogP contribution in [0.1, 0.15) is 33.1 Å². The monoisotopic (exact) mass is 283 g/mol. The summed E-state index contributed by atoms with van der Waals surface area (Å²) in [7, 11) is 0. The highest BCUT2D eigenvalue weighted by Gasteiger charge is 2.34. The molecule has 0 spiro atoms. The Morgan fingerprint density at radius 1 is 1.25 bits per heavy atom. The lowest BCUT2D eigenvalue weighted by Gasteiger charge is -2.13. The van der Waals surface area contributed by atoms with E-state index < -0.39 is 0 Å². The topological polar surface area (TPSA) is 95.6 Å². The molecule has 2 N–H and O–H groups in total. The van der Waals surface area contributed by atoms with Crippen molar-refractivity contribution in [2.45, 2.75) is 33.1 Å². The quantitative estimate of drug-likeness (QED) is 0.611. The summed E-state index contributed by atoms with van der Waals surface area (Å²) in [6, 6.07) is 0. The van der Waals surface area contributed by atoms with Gasteiger partial charge in [-0.15, -0.1) is 0 Å². The van der Waals surface area contributed by atoms with Crippen LogP contribution >= 0.6 is 0 Å². The van der Waals surface area contributed by atoms with Gasteiger partial charge in [0, 0.05) is 31.8 Å². The molecule has 7 heteroatoms. The summed E-state index contributed by atoms with van der Waals surface area (Å²) in [5, 5.41) is 5.05. The van der Waals surface area contributed by atoms with Gasteiger partial charge in [0.05, 0.1) is 6.54 Å². The van der Waals surface area contributed by atoms with Gasteiger partial charge in [-0.3, -0.25) is 24.1 Å². The lowest BCUT2D eigenvalue weighted by Crippen LogP contribution is -2.37. The van der Waals surface area contributed by atoms with Crippen molar-refractivity contribution in [1.82, 2.24) is 15.5 Å². The van der Waals surface area contributed by atoms with Crippen molar-refractivity contribution in [3.8, 4) is 0 Å². The molecule has 0 aromatic rings. The average molecular weight is 283 g/mol. The number of amides is 4. The fourth-order valence-electron chi connectivity index (χ4n) is 2.01. The zero-order chi connectivity index (χ0) is 15.1. The second-order valence-electron chi connectivity index (χ2n) is 4.82. The number of nitrogens with one attached hydrogen (secondary N) is 2. The summed E-state index contributed by atoms with van der Waals surface area (Å²) in [5.74, 6) is -1.10. The number of likely N-dealkylation sites (tertiary alicyclic amines) is 1. The molecule has 0 aromatic heterocycles. The Morgan fingerprint density at radius 3 is 2.50 bits per heavy atom. The average Bonchev–Trinajstić information content (AvgIpc) is 2.63. The number of rotatable bonds is 7. The molecule has 0 radical (unpaired) electrons. The third-order valence-electron chi connectivity index (χ3n) is 3.08. The van der Waals surface area contributed by atoms with Crippen molar-refractivity contribution in [3.05, 3.63) is 0 Å². The summed E-state index contributed by atoms with van der Waals surface area (Å²) >= 11 is 0. The lowest BCUT2D eigenvalue weighted by molar-refractivity contribution is -0.139. The molecule has 1 aliphatic rings. The standard InChI is InChI=1S/C13H21N3O4/c1-3-14-11(18)8-15-10(17)5-4-6-16-12(19)7-9(2)13(16)20/h9H,3-8H2,1-2H3,(H,14,18)(H,15,17). The van der Waals surface area contributed by atoms with Gasteiger partial charge in [-0.1, -0.05) is 6.92 Å². The second kappa shape index (κ2) is 7.62. The highest BCUT2D eigenvalue weighted by Crippen LogP contribution is 2.18. The van der Waals surface area contributed by atoms with E-state index in [2.05, 4.69) is 10.6 Å². The smallest absolute Gasteiger partial charge is 0.239 e. The number of imide groups is 1. The van der Waals surface area contributed by atoms with Crippen molar-refractivity contribution in [2.24, 2.45) is 5.92 Å². The van der Waals surface area contributed by atoms with E-state index in [1.54, 1.807) is 13.8 Å². The van der Waals surface area contributed by atoms with E-state index in [0.29, 0.717) is 13.0 Å². The van der Waals surface area contributed by atoms with Crippen molar-refractivity contribution < 1.29 is 19.2 Å². The first-order valence-corrected chi connectivity index (χ1v) is 6.83. The minimum absolute atomic E-state index is 0.0503. The van der Waals surface area contributed by atoms with Gasteiger partial charge in [0.1, 0.15) is 0 Å². The van der Waals surface area contributed by atoms with E-state index in [9.17, 15) is 19.2 Å². The molecule has 0 aromatic carbocycles. The predicted octanol–water partition coefficient (Wildman–Crippen LogP) is -0.586. The zero-order valence-corrected chi connectivity index (χ0v) is 11.9. The predicted molar refractivity (Wildman–Crippen MR) is 71.4 cm³/mol. The summed E-state index contributed by atoms with van der Waals surface area (Å²) in [6.07, 6.45) is 0.846. The summed E-state index contributed by atoms with van der Waals surface area (Å²) in [5.41, 5.74) is 0. The summed E-state index contributed by atoms with van der Waals surface area (Å²) in [6.45, 7) is 4.25. The maximum Gasteiger partial charge on any atom is 0.239 e. The fraction of sp³-hybridized carbons (Fsp3) is 0.692. The molecular weight excluding hydrogens is 262 g/mol. The maximum atomic E-state index is 11.6. The zero-order valence-electron chi connectivity index (χ0n) is 11.9. The fourth-order valence-corrected chi connectivity index (χ4v) is 2.01. The van der Waals surface area contributed by atoms with Crippen LogP contribution in [-0.4, -0.2) is 48.2 Å². The summed E-state index contributed by atoms with van der Waals surface area (Å²) in [4.78, 5) is 47.0. The molecule has 0 bridgehead atoms. The number of hydrogen-bond acceptors (Lipinski definition) is 4. The van der Waals surface area contributed by atoms with Crippen LogP contribution in [0.15, 0.2) is 0 Å². The molecule has 0 aliphatic carbocycles. The Kier molecular flexibility index (Phi) is 6.14. The number of carbonyl (C=O) groups is 4. The van der Waals surface area contributed by atoms with E-state index in [4.69, 9.17) is 0 Å². The van der Waals surface area contributed by atoms with Gasteiger partial charge in [0.25, 0.3) is 0 Å². The van der Waals surface area contributed by atoms with E-state index >= 15 is 0 Å². The van der Waals surface area contributed by atoms with Gasteiger partial charge < -0.3 is 10.6 Å².